The maximum absolute atomic E-state index is 11.9. The summed E-state index contributed by atoms with van der Waals surface area (Å²) in [6.07, 6.45) is 0. The molecule has 1 fully saturated rings. The topological polar surface area (TPSA) is 63.9 Å². The molecule has 3 rings (SSSR count). The molecule has 1 aliphatic heterocycles. The fourth-order valence-electron chi connectivity index (χ4n) is 3.27. The lowest BCUT2D eigenvalue weighted by Crippen LogP contribution is -2.54. The predicted molar refractivity (Wildman–Crippen MR) is 97.2 cm³/mol. The van der Waals surface area contributed by atoms with E-state index in [-0.39, 0.29) is 11.2 Å². The minimum Gasteiger partial charge on any atom is -0.497 e. The zero-order valence-electron chi connectivity index (χ0n) is 15.1. The fraction of sp³-hybridized carbons (Fsp3) is 0.526. The number of benzene rings is 1. The van der Waals surface area contributed by atoms with E-state index in [0.29, 0.717) is 17.9 Å². The number of methoxy groups -OCH3 is 1. The summed E-state index contributed by atoms with van der Waals surface area (Å²) < 4.78 is 15.9. The van der Waals surface area contributed by atoms with E-state index in [1.54, 1.807) is 19.2 Å². The van der Waals surface area contributed by atoms with E-state index in [9.17, 15) is 4.79 Å². The molecule has 25 heavy (non-hydrogen) atoms. The van der Waals surface area contributed by atoms with Gasteiger partial charge in [0.15, 0.2) is 0 Å². The van der Waals surface area contributed by atoms with Gasteiger partial charge < -0.3 is 19.2 Å². The number of rotatable bonds is 6. The summed E-state index contributed by atoms with van der Waals surface area (Å²) in [4.78, 5) is 14.3. The van der Waals surface area contributed by atoms with Crippen LogP contribution in [0.3, 0.4) is 0 Å². The number of ether oxygens (including phenoxy) is 2. The summed E-state index contributed by atoms with van der Waals surface area (Å²) in [5.41, 5.74) is 1.18. The number of nitrogens with one attached hydrogen (secondary N) is 1. The number of morpholine rings is 1. The number of nitrogens with zero attached hydrogens (tertiary/aromatic N) is 1. The van der Waals surface area contributed by atoms with Crippen LogP contribution in [-0.2, 0) is 11.3 Å². The van der Waals surface area contributed by atoms with Crippen LogP contribution in [0.1, 0.15) is 19.4 Å². The lowest BCUT2D eigenvalue weighted by atomic mass is 10.0. The molecule has 0 saturated carbocycles. The van der Waals surface area contributed by atoms with Crippen molar-refractivity contribution in [3.63, 3.8) is 0 Å². The van der Waals surface area contributed by atoms with E-state index in [1.807, 2.05) is 12.1 Å². The zero-order chi connectivity index (χ0) is 17.9. The first-order valence-corrected chi connectivity index (χ1v) is 8.64. The van der Waals surface area contributed by atoms with Gasteiger partial charge in [0.2, 0.25) is 0 Å². The third-order valence-electron chi connectivity index (χ3n) is 4.78. The molecular formula is C19H26N2O4. The maximum Gasteiger partial charge on any atom is 0.336 e. The molecule has 0 unspecified atom stereocenters. The molecule has 1 aliphatic rings. The quantitative estimate of drug-likeness (QED) is 0.807. The second-order valence-electron chi connectivity index (χ2n) is 6.97. The van der Waals surface area contributed by atoms with Gasteiger partial charge in [-0.3, -0.25) is 4.90 Å². The van der Waals surface area contributed by atoms with Crippen molar-refractivity contribution >= 4 is 11.0 Å². The molecular weight excluding hydrogens is 320 g/mol. The van der Waals surface area contributed by atoms with Crippen LogP contribution < -0.4 is 15.7 Å². The Kier molecular flexibility index (Phi) is 5.42. The summed E-state index contributed by atoms with van der Waals surface area (Å²) in [5.74, 6) is 0.675. The van der Waals surface area contributed by atoms with E-state index in [0.717, 1.165) is 43.8 Å². The molecule has 1 aromatic carbocycles. The molecule has 6 heteroatoms. The third-order valence-corrected chi connectivity index (χ3v) is 4.78. The Bertz CT molecular complexity index is 779. The van der Waals surface area contributed by atoms with E-state index in [2.05, 4.69) is 24.1 Å². The molecule has 0 amide bonds. The highest BCUT2D eigenvalue weighted by molar-refractivity contribution is 5.81. The van der Waals surface area contributed by atoms with Crippen LogP contribution in [0.5, 0.6) is 5.75 Å². The van der Waals surface area contributed by atoms with Crippen LogP contribution in [0.4, 0.5) is 0 Å². The van der Waals surface area contributed by atoms with Crippen LogP contribution in [0.15, 0.2) is 33.5 Å². The van der Waals surface area contributed by atoms with Crippen molar-refractivity contribution in [2.24, 2.45) is 0 Å². The molecule has 0 atom stereocenters. The maximum atomic E-state index is 11.9. The Morgan fingerprint density at radius 2 is 2.00 bits per heavy atom. The molecule has 0 spiro atoms. The van der Waals surface area contributed by atoms with Crippen LogP contribution in [-0.4, -0.2) is 50.4 Å². The highest BCUT2D eigenvalue weighted by Crippen LogP contribution is 2.22. The van der Waals surface area contributed by atoms with E-state index >= 15 is 0 Å². The second kappa shape index (κ2) is 7.56. The summed E-state index contributed by atoms with van der Waals surface area (Å²) in [5, 5.41) is 4.42. The van der Waals surface area contributed by atoms with Gasteiger partial charge in [-0.2, -0.15) is 0 Å². The molecule has 0 aliphatic carbocycles. The Labute approximate surface area is 147 Å². The molecule has 1 N–H and O–H groups in total. The summed E-state index contributed by atoms with van der Waals surface area (Å²) in [6.45, 7) is 9.37. The van der Waals surface area contributed by atoms with Crippen molar-refractivity contribution in [2.45, 2.75) is 25.9 Å². The smallest absolute Gasteiger partial charge is 0.336 e. The van der Waals surface area contributed by atoms with Crippen LogP contribution in [0, 0.1) is 0 Å². The van der Waals surface area contributed by atoms with Crippen molar-refractivity contribution in [1.82, 2.24) is 10.2 Å². The first-order valence-electron chi connectivity index (χ1n) is 8.64. The normalized spacial score (nSPS) is 16.3. The fourth-order valence-corrected chi connectivity index (χ4v) is 3.27. The van der Waals surface area contributed by atoms with Gasteiger partial charge in [-0.25, -0.2) is 4.79 Å². The molecule has 6 nitrogen and oxygen atoms in total. The number of hydrogen-bond acceptors (Lipinski definition) is 6. The Hall–Kier alpha value is -1.89. The first kappa shape index (κ1) is 17.9. The second-order valence-corrected chi connectivity index (χ2v) is 6.97. The molecule has 2 heterocycles. The molecule has 0 bridgehead atoms. The van der Waals surface area contributed by atoms with Crippen LogP contribution in [0.25, 0.3) is 11.0 Å². The zero-order valence-corrected chi connectivity index (χ0v) is 15.1. The van der Waals surface area contributed by atoms with Crippen molar-refractivity contribution in [1.29, 1.82) is 0 Å². The van der Waals surface area contributed by atoms with Gasteiger partial charge in [0.1, 0.15) is 11.3 Å². The highest BCUT2D eigenvalue weighted by atomic mass is 16.5. The molecule has 1 aromatic heterocycles. The largest absolute Gasteiger partial charge is 0.497 e. The molecule has 136 valence electrons. The van der Waals surface area contributed by atoms with Crippen molar-refractivity contribution in [2.75, 3.05) is 40.0 Å². The number of hydrogen-bond donors (Lipinski definition) is 1. The average Bonchev–Trinajstić information content (AvgIpc) is 2.61. The average molecular weight is 346 g/mol. The highest BCUT2D eigenvalue weighted by Gasteiger charge is 2.27. The predicted octanol–water partition coefficient (Wildman–Crippen LogP) is 2.00. The Balaban J connectivity index is 1.71. The Morgan fingerprint density at radius 3 is 2.72 bits per heavy atom. The van der Waals surface area contributed by atoms with E-state index in [1.165, 1.54) is 0 Å². The standard InChI is InChI=1S/C19H26N2O4/c1-19(2,21-6-8-24-9-7-21)13-20-12-14-10-18(22)25-17-11-15(23-3)4-5-16(14)17/h4-5,10-11,20H,6-9,12-13H2,1-3H3. The molecule has 0 radical (unpaired) electrons. The lowest BCUT2D eigenvalue weighted by Gasteiger charge is -2.41. The van der Waals surface area contributed by atoms with Gasteiger partial charge >= 0.3 is 5.63 Å². The first-order chi connectivity index (χ1) is 12.0. The SMILES string of the molecule is COc1ccc2c(CNCC(C)(C)N3CCOCC3)cc(=O)oc2c1. The van der Waals surface area contributed by atoms with Crippen molar-refractivity contribution in [3.8, 4) is 5.75 Å². The van der Waals surface area contributed by atoms with Gasteiger partial charge in [-0.15, -0.1) is 0 Å². The Morgan fingerprint density at radius 1 is 1.24 bits per heavy atom. The van der Waals surface area contributed by atoms with E-state index < -0.39 is 0 Å². The van der Waals surface area contributed by atoms with Gasteiger partial charge in [-0.05, 0) is 31.5 Å². The molecule has 1 saturated heterocycles. The summed E-state index contributed by atoms with van der Waals surface area (Å²) >= 11 is 0. The van der Waals surface area contributed by atoms with Crippen LogP contribution >= 0.6 is 0 Å². The van der Waals surface area contributed by atoms with Gasteiger partial charge in [0, 0.05) is 49.2 Å². The van der Waals surface area contributed by atoms with Gasteiger partial charge in [0.05, 0.1) is 20.3 Å². The minimum atomic E-state index is -0.343. The third kappa shape index (κ3) is 4.21. The van der Waals surface area contributed by atoms with E-state index in [4.69, 9.17) is 13.9 Å². The van der Waals surface area contributed by atoms with Gasteiger partial charge in [-0.1, -0.05) is 0 Å². The summed E-state index contributed by atoms with van der Waals surface area (Å²) in [7, 11) is 1.60. The monoisotopic (exact) mass is 346 g/mol. The van der Waals surface area contributed by atoms with Crippen molar-refractivity contribution < 1.29 is 13.9 Å². The molecule has 2 aromatic rings. The lowest BCUT2D eigenvalue weighted by molar-refractivity contribution is -0.00966. The van der Waals surface area contributed by atoms with Gasteiger partial charge in [0.25, 0.3) is 0 Å². The minimum absolute atomic E-state index is 0.0300. The van der Waals surface area contributed by atoms with Crippen LogP contribution in [0.2, 0.25) is 0 Å². The summed E-state index contributed by atoms with van der Waals surface area (Å²) in [6, 6.07) is 7.12. The van der Waals surface area contributed by atoms with Crippen molar-refractivity contribution in [3.05, 3.63) is 40.2 Å². The number of fused-ring (bicyclic) bond motifs is 1.